The monoisotopic (exact) mass is 114 g/mol. The fourth-order valence-electron chi connectivity index (χ4n) is 0.181. The predicted octanol–water partition coefficient (Wildman–Crippen LogP) is 2.48. The normalized spacial score (nSPS) is 10.7. The van der Waals surface area contributed by atoms with Gasteiger partial charge in [-0.3, -0.25) is 0 Å². The van der Waals surface area contributed by atoms with Gasteiger partial charge < -0.3 is 0 Å². The molecule has 0 bridgehead atoms. The summed E-state index contributed by atoms with van der Waals surface area (Å²) in [4.78, 5) is 0. The number of halogens is 1. The quantitative estimate of drug-likeness (QED) is 0.484. The zero-order valence-corrected chi connectivity index (χ0v) is 4.78. The lowest BCUT2D eigenvalue weighted by molar-refractivity contribution is 1.90. The zero-order chi connectivity index (χ0) is 5.70. The first-order chi connectivity index (χ1) is 3.31. The maximum atomic E-state index is 5.44. The van der Waals surface area contributed by atoms with Gasteiger partial charge in [-0.1, -0.05) is 36.9 Å². The first-order valence-electron chi connectivity index (χ1n) is 1.92. The van der Waals surface area contributed by atoms with Crippen LogP contribution < -0.4 is 0 Å². The Labute approximate surface area is 48.8 Å². The molecule has 0 aliphatic carbocycles. The standard InChI is InChI=1S/C6H7Cl/c1-3-5-6(7)4-2/h3-5H,1-2H2. The molecule has 0 aromatic rings. The Morgan fingerprint density at radius 1 is 1.43 bits per heavy atom. The van der Waals surface area contributed by atoms with Gasteiger partial charge in [0.1, 0.15) is 0 Å². The molecule has 0 aliphatic heterocycles. The molecule has 0 heterocycles. The first-order valence-corrected chi connectivity index (χ1v) is 2.29. The molecular formula is C6H7Cl. The molecule has 0 radical (unpaired) electrons. The van der Waals surface area contributed by atoms with Crippen LogP contribution in [0.3, 0.4) is 0 Å². The van der Waals surface area contributed by atoms with Crippen molar-refractivity contribution in [2.24, 2.45) is 0 Å². The fraction of sp³-hybridized carbons (Fsp3) is 0. The largest absolute Gasteiger partial charge is 0.0990 e. The Morgan fingerprint density at radius 2 is 2.00 bits per heavy atom. The van der Waals surface area contributed by atoms with Gasteiger partial charge in [0.05, 0.1) is 0 Å². The molecule has 0 fully saturated rings. The molecule has 0 rings (SSSR count). The third-order valence-corrected chi connectivity index (χ3v) is 0.752. The van der Waals surface area contributed by atoms with Gasteiger partial charge in [0.25, 0.3) is 0 Å². The van der Waals surface area contributed by atoms with Crippen LogP contribution in [-0.4, -0.2) is 0 Å². The summed E-state index contributed by atoms with van der Waals surface area (Å²) >= 11 is 5.44. The fourth-order valence-corrected chi connectivity index (χ4v) is 0.270. The van der Waals surface area contributed by atoms with Gasteiger partial charge in [0, 0.05) is 5.03 Å². The van der Waals surface area contributed by atoms with E-state index in [0.717, 1.165) is 0 Å². The minimum atomic E-state index is 0.620. The van der Waals surface area contributed by atoms with Gasteiger partial charge in [-0.15, -0.1) is 0 Å². The molecule has 38 valence electrons. The number of hydrogen-bond acceptors (Lipinski definition) is 0. The highest BCUT2D eigenvalue weighted by Gasteiger charge is 1.72. The van der Waals surface area contributed by atoms with E-state index in [1.807, 2.05) is 0 Å². The molecule has 0 aliphatic rings. The van der Waals surface area contributed by atoms with E-state index in [4.69, 9.17) is 11.6 Å². The van der Waals surface area contributed by atoms with Crippen LogP contribution >= 0.6 is 11.6 Å². The van der Waals surface area contributed by atoms with Crippen LogP contribution in [0.2, 0.25) is 0 Å². The molecule has 0 saturated heterocycles. The molecule has 7 heavy (non-hydrogen) atoms. The molecule has 0 saturated carbocycles. The second kappa shape index (κ2) is 3.69. The molecule has 0 N–H and O–H groups in total. The van der Waals surface area contributed by atoms with E-state index in [-0.39, 0.29) is 0 Å². The van der Waals surface area contributed by atoms with Gasteiger partial charge in [-0.05, 0) is 6.08 Å². The average molecular weight is 115 g/mol. The highest BCUT2D eigenvalue weighted by Crippen LogP contribution is 1.99. The molecule has 0 atom stereocenters. The van der Waals surface area contributed by atoms with E-state index in [1.54, 1.807) is 18.2 Å². The maximum Gasteiger partial charge on any atom is 0.0399 e. The predicted molar refractivity (Wildman–Crippen MR) is 34.3 cm³/mol. The van der Waals surface area contributed by atoms with Gasteiger partial charge in [0.15, 0.2) is 0 Å². The van der Waals surface area contributed by atoms with Crippen molar-refractivity contribution in [3.63, 3.8) is 0 Å². The SMILES string of the molecule is C=CC=C(Cl)C=C. The van der Waals surface area contributed by atoms with Crippen LogP contribution in [-0.2, 0) is 0 Å². The lowest BCUT2D eigenvalue weighted by Gasteiger charge is -1.76. The third-order valence-electron chi connectivity index (χ3n) is 0.472. The molecule has 0 amide bonds. The van der Waals surface area contributed by atoms with Crippen molar-refractivity contribution < 1.29 is 0 Å². The zero-order valence-electron chi connectivity index (χ0n) is 4.02. The lowest BCUT2D eigenvalue weighted by atomic mass is 10.5. The summed E-state index contributed by atoms with van der Waals surface area (Å²) in [7, 11) is 0. The second-order valence-corrected chi connectivity index (χ2v) is 1.43. The first kappa shape index (κ1) is 6.51. The Balaban J connectivity index is 3.72. The maximum absolute atomic E-state index is 5.44. The van der Waals surface area contributed by atoms with Gasteiger partial charge in [0.2, 0.25) is 0 Å². The van der Waals surface area contributed by atoms with Crippen LogP contribution in [0.5, 0.6) is 0 Å². The van der Waals surface area contributed by atoms with Crippen molar-refractivity contribution in [1.29, 1.82) is 0 Å². The minimum Gasteiger partial charge on any atom is -0.0990 e. The third kappa shape index (κ3) is 3.34. The Bertz CT molecular complexity index is 101. The van der Waals surface area contributed by atoms with Crippen molar-refractivity contribution in [2.45, 2.75) is 0 Å². The van der Waals surface area contributed by atoms with Crippen molar-refractivity contribution in [2.75, 3.05) is 0 Å². The van der Waals surface area contributed by atoms with E-state index < -0.39 is 0 Å². The Kier molecular flexibility index (Phi) is 3.43. The van der Waals surface area contributed by atoms with E-state index in [9.17, 15) is 0 Å². The molecule has 0 unspecified atom stereocenters. The van der Waals surface area contributed by atoms with E-state index >= 15 is 0 Å². The van der Waals surface area contributed by atoms with Crippen molar-refractivity contribution in [1.82, 2.24) is 0 Å². The number of rotatable bonds is 2. The minimum absolute atomic E-state index is 0.620. The summed E-state index contributed by atoms with van der Waals surface area (Å²) < 4.78 is 0. The van der Waals surface area contributed by atoms with Crippen LogP contribution in [0.1, 0.15) is 0 Å². The van der Waals surface area contributed by atoms with Crippen LogP contribution in [0.15, 0.2) is 36.4 Å². The molecular weight excluding hydrogens is 108 g/mol. The lowest BCUT2D eigenvalue weighted by Crippen LogP contribution is -1.53. The van der Waals surface area contributed by atoms with Gasteiger partial charge in [-0.25, -0.2) is 0 Å². The van der Waals surface area contributed by atoms with Crippen LogP contribution in [0.25, 0.3) is 0 Å². The Morgan fingerprint density at radius 3 is 2.14 bits per heavy atom. The second-order valence-electron chi connectivity index (χ2n) is 0.991. The van der Waals surface area contributed by atoms with E-state index in [1.165, 1.54) is 0 Å². The summed E-state index contributed by atoms with van der Waals surface area (Å²) in [6.07, 6.45) is 4.85. The summed E-state index contributed by atoms with van der Waals surface area (Å²) in [6.45, 7) is 6.87. The van der Waals surface area contributed by atoms with Crippen molar-refractivity contribution in [3.05, 3.63) is 36.4 Å². The number of allylic oxidation sites excluding steroid dienone is 4. The Hall–Kier alpha value is -0.490. The highest BCUT2D eigenvalue weighted by molar-refractivity contribution is 6.31. The van der Waals surface area contributed by atoms with E-state index in [0.29, 0.717) is 5.03 Å². The van der Waals surface area contributed by atoms with Crippen LogP contribution in [0, 0.1) is 0 Å². The average Bonchev–Trinajstić information content (AvgIpc) is 1.68. The molecule has 0 aromatic carbocycles. The van der Waals surface area contributed by atoms with Crippen molar-refractivity contribution >= 4 is 11.6 Å². The molecule has 0 spiro atoms. The smallest absolute Gasteiger partial charge is 0.0399 e. The van der Waals surface area contributed by atoms with Crippen molar-refractivity contribution in [3.8, 4) is 0 Å². The van der Waals surface area contributed by atoms with Crippen LogP contribution in [0.4, 0.5) is 0 Å². The van der Waals surface area contributed by atoms with Gasteiger partial charge >= 0.3 is 0 Å². The summed E-state index contributed by atoms with van der Waals surface area (Å²) in [5.74, 6) is 0. The topological polar surface area (TPSA) is 0 Å². The molecule has 0 aromatic heterocycles. The summed E-state index contributed by atoms with van der Waals surface area (Å²) in [5.41, 5.74) is 0. The molecule has 1 heteroatoms. The molecule has 0 nitrogen and oxygen atoms in total. The van der Waals surface area contributed by atoms with E-state index in [2.05, 4.69) is 13.2 Å². The summed E-state index contributed by atoms with van der Waals surface area (Å²) in [5, 5.41) is 0.620. The summed E-state index contributed by atoms with van der Waals surface area (Å²) in [6, 6.07) is 0. The highest BCUT2D eigenvalue weighted by atomic mass is 35.5. The van der Waals surface area contributed by atoms with Gasteiger partial charge in [-0.2, -0.15) is 0 Å². The number of hydrogen-bond donors (Lipinski definition) is 0.